The van der Waals surface area contributed by atoms with Crippen molar-refractivity contribution < 1.29 is 14.3 Å². The summed E-state index contributed by atoms with van der Waals surface area (Å²) >= 11 is 1.41. The molecule has 2 aromatic heterocycles. The van der Waals surface area contributed by atoms with Gasteiger partial charge in [0.25, 0.3) is 5.91 Å². The molecular formula is C17H25ClN4O3S. The fourth-order valence-electron chi connectivity index (χ4n) is 3.20. The number of halogens is 1. The number of fused-ring (bicyclic) bond motifs is 1. The monoisotopic (exact) mass is 400 g/mol. The van der Waals surface area contributed by atoms with Crippen LogP contribution < -0.4 is 10.1 Å². The van der Waals surface area contributed by atoms with Crippen LogP contribution >= 0.6 is 23.7 Å². The first-order valence-electron chi connectivity index (χ1n) is 8.38. The predicted molar refractivity (Wildman–Crippen MR) is 105 cm³/mol. The van der Waals surface area contributed by atoms with Gasteiger partial charge in [-0.05, 0) is 32.4 Å². The summed E-state index contributed by atoms with van der Waals surface area (Å²) in [5.41, 5.74) is 0.890. The van der Waals surface area contributed by atoms with Gasteiger partial charge in [0.15, 0.2) is 5.82 Å². The highest BCUT2D eigenvalue weighted by molar-refractivity contribution is 7.20. The molecule has 7 nitrogen and oxygen atoms in total. The van der Waals surface area contributed by atoms with Crippen LogP contribution in [0.2, 0.25) is 0 Å². The van der Waals surface area contributed by atoms with Gasteiger partial charge in [-0.1, -0.05) is 0 Å². The van der Waals surface area contributed by atoms with Crippen molar-refractivity contribution in [3.8, 4) is 5.88 Å². The number of aromatic nitrogens is 2. The highest BCUT2D eigenvalue weighted by Gasteiger charge is 2.27. The summed E-state index contributed by atoms with van der Waals surface area (Å²) < 4.78 is 10.5. The Morgan fingerprint density at radius 3 is 2.58 bits per heavy atom. The minimum absolute atomic E-state index is 0. The number of nitrogens with zero attached hydrogens (tertiary/aromatic N) is 3. The van der Waals surface area contributed by atoms with E-state index >= 15 is 0 Å². The topological polar surface area (TPSA) is 76.6 Å². The zero-order chi connectivity index (χ0) is 18.0. The standard InChI is InChI=1S/C17H24N4O3S.ClH/c1-10-13-15(24-4)19-12(9-23-3)20-16(13)25-14(10)17(22)21-7-5-11(18-2)6-8-21;/h11,18H,5-9H2,1-4H3;1H. The van der Waals surface area contributed by atoms with Crippen LogP contribution in [-0.4, -0.2) is 61.2 Å². The highest BCUT2D eigenvalue weighted by Crippen LogP contribution is 2.36. The molecular weight excluding hydrogens is 376 g/mol. The van der Waals surface area contributed by atoms with E-state index in [0.717, 1.165) is 46.6 Å². The van der Waals surface area contributed by atoms with Gasteiger partial charge in [-0.25, -0.2) is 4.98 Å². The predicted octanol–water partition coefficient (Wildman–Crippen LogP) is 2.40. The molecule has 1 saturated heterocycles. The van der Waals surface area contributed by atoms with Crippen LogP contribution in [0, 0.1) is 6.92 Å². The van der Waals surface area contributed by atoms with Gasteiger partial charge in [0.05, 0.1) is 17.4 Å². The van der Waals surface area contributed by atoms with Gasteiger partial charge >= 0.3 is 0 Å². The molecule has 1 N–H and O–H groups in total. The summed E-state index contributed by atoms with van der Waals surface area (Å²) in [5, 5.41) is 4.11. The van der Waals surface area contributed by atoms with E-state index in [1.165, 1.54) is 11.3 Å². The number of methoxy groups -OCH3 is 2. The van der Waals surface area contributed by atoms with E-state index in [0.29, 0.717) is 24.4 Å². The maximum absolute atomic E-state index is 13.0. The van der Waals surface area contributed by atoms with E-state index in [1.807, 2.05) is 18.9 Å². The molecule has 0 spiro atoms. The Kier molecular flexibility index (Phi) is 7.16. The highest BCUT2D eigenvalue weighted by atomic mass is 35.5. The molecule has 1 fully saturated rings. The number of amides is 1. The smallest absolute Gasteiger partial charge is 0.264 e. The quantitative estimate of drug-likeness (QED) is 0.830. The van der Waals surface area contributed by atoms with Crippen LogP contribution in [0.15, 0.2) is 0 Å². The van der Waals surface area contributed by atoms with Crippen LogP contribution in [0.5, 0.6) is 5.88 Å². The molecule has 26 heavy (non-hydrogen) atoms. The zero-order valence-corrected chi connectivity index (χ0v) is 17.1. The minimum atomic E-state index is 0. The number of carbonyl (C=O) groups excluding carboxylic acids is 1. The van der Waals surface area contributed by atoms with Gasteiger partial charge in [-0.3, -0.25) is 4.79 Å². The third kappa shape index (κ3) is 3.93. The number of nitrogens with one attached hydrogen (secondary N) is 1. The number of piperidine rings is 1. The average molecular weight is 401 g/mol. The number of aryl methyl sites for hydroxylation is 1. The van der Waals surface area contributed by atoms with E-state index in [4.69, 9.17) is 9.47 Å². The molecule has 3 heterocycles. The van der Waals surface area contributed by atoms with Crippen molar-refractivity contribution in [3.63, 3.8) is 0 Å². The van der Waals surface area contributed by atoms with E-state index in [1.54, 1.807) is 14.2 Å². The molecule has 2 aromatic rings. The summed E-state index contributed by atoms with van der Waals surface area (Å²) in [7, 11) is 5.16. The summed E-state index contributed by atoms with van der Waals surface area (Å²) in [4.78, 5) is 25.3. The van der Waals surface area contributed by atoms with E-state index < -0.39 is 0 Å². The number of ether oxygens (including phenoxy) is 2. The lowest BCUT2D eigenvalue weighted by Crippen LogP contribution is -2.43. The molecule has 0 atom stereocenters. The van der Waals surface area contributed by atoms with Gasteiger partial charge in [0, 0.05) is 26.2 Å². The molecule has 1 aliphatic heterocycles. The first kappa shape index (κ1) is 20.8. The van der Waals surface area contributed by atoms with Crippen molar-refractivity contribution in [1.29, 1.82) is 0 Å². The SMILES string of the molecule is CNC1CCN(C(=O)c2sc3nc(COC)nc(OC)c3c2C)CC1.Cl. The number of likely N-dealkylation sites (tertiary alicyclic amines) is 1. The summed E-state index contributed by atoms with van der Waals surface area (Å²) in [6.45, 7) is 3.80. The third-order valence-corrected chi connectivity index (χ3v) is 5.83. The van der Waals surface area contributed by atoms with E-state index in [9.17, 15) is 4.79 Å². The number of rotatable bonds is 5. The molecule has 1 aliphatic rings. The molecule has 1 amide bonds. The van der Waals surface area contributed by atoms with Crippen molar-refractivity contribution in [2.75, 3.05) is 34.4 Å². The maximum Gasteiger partial charge on any atom is 0.264 e. The summed E-state index contributed by atoms with van der Waals surface area (Å²) in [6.07, 6.45) is 1.96. The fourth-order valence-corrected chi connectivity index (χ4v) is 4.36. The zero-order valence-electron chi connectivity index (χ0n) is 15.5. The minimum Gasteiger partial charge on any atom is -0.480 e. The molecule has 0 aliphatic carbocycles. The normalized spacial score (nSPS) is 15.2. The Morgan fingerprint density at radius 1 is 1.31 bits per heavy atom. The number of thiophene rings is 1. The Labute approximate surface area is 163 Å². The molecule has 144 valence electrons. The van der Waals surface area contributed by atoms with Gasteiger partial charge in [0.1, 0.15) is 11.4 Å². The third-order valence-electron chi connectivity index (χ3n) is 4.65. The second-order valence-corrected chi connectivity index (χ2v) is 7.17. The molecule has 0 bridgehead atoms. The van der Waals surface area contributed by atoms with E-state index in [-0.39, 0.29) is 18.3 Å². The molecule has 0 unspecified atom stereocenters. The van der Waals surface area contributed by atoms with Gasteiger partial charge in [-0.15, -0.1) is 23.7 Å². The molecule has 0 radical (unpaired) electrons. The number of carbonyl (C=O) groups is 1. The molecule has 0 saturated carbocycles. The van der Waals surface area contributed by atoms with Crippen molar-refractivity contribution in [3.05, 3.63) is 16.3 Å². The Hall–Kier alpha value is -1.48. The molecule has 9 heteroatoms. The largest absolute Gasteiger partial charge is 0.480 e. The second kappa shape index (κ2) is 8.94. The molecule has 3 rings (SSSR count). The van der Waals surface area contributed by atoms with Crippen molar-refractivity contribution >= 4 is 39.9 Å². The lowest BCUT2D eigenvalue weighted by atomic mass is 10.0. The average Bonchev–Trinajstić information content (AvgIpc) is 2.97. The maximum atomic E-state index is 13.0. The van der Waals surface area contributed by atoms with Crippen molar-refractivity contribution in [1.82, 2.24) is 20.2 Å². The Balaban J connectivity index is 0.00000243. The fraction of sp³-hybridized carbons (Fsp3) is 0.588. The second-order valence-electron chi connectivity index (χ2n) is 6.17. The van der Waals surface area contributed by atoms with Gasteiger partial charge in [0.2, 0.25) is 5.88 Å². The van der Waals surface area contributed by atoms with Crippen LogP contribution in [0.3, 0.4) is 0 Å². The Bertz CT molecular complexity index is 775. The Morgan fingerprint density at radius 2 is 2.00 bits per heavy atom. The van der Waals surface area contributed by atoms with Crippen molar-refractivity contribution in [2.45, 2.75) is 32.4 Å². The van der Waals surface area contributed by atoms with Crippen LogP contribution in [-0.2, 0) is 11.3 Å². The van der Waals surface area contributed by atoms with Crippen LogP contribution in [0.1, 0.15) is 33.9 Å². The summed E-state index contributed by atoms with van der Waals surface area (Å²) in [5.74, 6) is 1.13. The van der Waals surface area contributed by atoms with Gasteiger partial charge < -0.3 is 19.7 Å². The van der Waals surface area contributed by atoms with Crippen LogP contribution in [0.25, 0.3) is 10.2 Å². The van der Waals surface area contributed by atoms with Gasteiger partial charge in [-0.2, -0.15) is 4.98 Å². The lowest BCUT2D eigenvalue weighted by Gasteiger charge is -2.31. The summed E-state index contributed by atoms with van der Waals surface area (Å²) in [6, 6.07) is 0.495. The first-order chi connectivity index (χ1) is 12.1. The van der Waals surface area contributed by atoms with Crippen LogP contribution in [0.4, 0.5) is 0 Å². The van der Waals surface area contributed by atoms with Crippen molar-refractivity contribution in [2.24, 2.45) is 0 Å². The number of hydrogen-bond acceptors (Lipinski definition) is 7. The lowest BCUT2D eigenvalue weighted by molar-refractivity contribution is 0.0711. The van der Waals surface area contributed by atoms with E-state index in [2.05, 4.69) is 15.3 Å². The molecule has 0 aromatic carbocycles. The number of hydrogen-bond donors (Lipinski definition) is 1. The first-order valence-corrected chi connectivity index (χ1v) is 9.20.